The fourth-order valence-electron chi connectivity index (χ4n) is 1.61. The number of rotatable bonds is 3. The lowest BCUT2D eigenvalue weighted by atomic mass is 10.1. The maximum atomic E-state index is 13.9. The SMILES string of the molecule is C[C@H](O)c1cccc(F)c1Sc1cccc(Br)c1. The van der Waals surface area contributed by atoms with E-state index in [9.17, 15) is 9.50 Å². The molecule has 0 spiro atoms. The first-order valence-corrected chi connectivity index (χ1v) is 7.09. The highest BCUT2D eigenvalue weighted by atomic mass is 79.9. The first-order chi connectivity index (χ1) is 8.58. The highest BCUT2D eigenvalue weighted by Crippen LogP contribution is 2.36. The van der Waals surface area contributed by atoms with Gasteiger partial charge in [-0.2, -0.15) is 0 Å². The molecule has 0 heterocycles. The van der Waals surface area contributed by atoms with Gasteiger partial charge >= 0.3 is 0 Å². The van der Waals surface area contributed by atoms with Crippen LogP contribution in [0.4, 0.5) is 4.39 Å². The van der Waals surface area contributed by atoms with E-state index in [-0.39, 0.29) is 5.82 Å². The highest BCUT2D eigenvalue weighted by molar-refractivity contribution is 9.10. The minimum absolute atomic E-state index is 0.307. The van der Waals surface area contributed by atoms with Crippen molar-refractivity contribution in [2.24, 2.45) is 0 Å². The zero-order valence-corrected chi connectivity index (χ0v) is 12.1. The van der Waals surface area contributed by atoms with Crippen molar-refractivity contribution in [3.8, 4) is 0 Å². The molecule has 2 rings (SSSR count). The molecule has 0 aliphatic rings. The van der Waals surface area contributed by atoms with Gasteiger partial charge in [-0.25, -0.2) is 4.39 Å². The minimum atomic E-state index is -0.685. The van der Waals surface area contributed by atoms with E-state index in [2.05, 4.69) is 15.9 Å². The molecule has 0 aliphatic carbocycles. The van der Waals surface area contributed by atoms with E-state index >= 15 is 0 Å². The van der Waals surface area contributed by atoms with E-state index in [0.717, 1.165) is 9.37 Å². The van der Waals surface area contributed by atoms with E-state index in [4.69, 9.17) is 0 Å². The standard InChI is InChI=1S/C14H12BrFOS/c1-9(17)12-6-3-7-13(16)14(12)18-11-5-2-4-10(15)8-11/h2-9,17H,1H3/t9-/m0/s1. The molecular weight excluding hydrogens is 315 g/mol. The first-order valence-electron chi connectivity index (χ1n) is 5.48. The van der Waals surface area contributed by atoms with E-state index in [1.165, 1.54) is 17.8 Å². The van der Waals surface area contributed by atoms with Crippen LogP contribution >= 0.6 is 27.7 Å². The lowest BCUT2D eigenvalue weighted by Crippen LogP contribution is -1.96. The van der Waals surface area contributed by atoms with Crippen molar-refractivity contribution in [1.82, 2.24) is 0 Å². The quantitative estimate of drug-likeness (QED) is 0.874. The van der Waals surface area contributed by atoms with Gasteiger partial charge in [0.1, 0.15) is 5.82 Å². The number of benzene rings is 2. The molecule has 0 saturated heterocycles. The predicted molar refractivity (Wildman–Crippen MR) is 75.3 cm³/mol. The summed E-state index contributed by atoms with van der Waals surface area (Å²) in [6.07, 6.45) is -0.685. The average Bonchev–Trinajstić information content (AvgIpc) is 2.31. The molecule has 0 saturated carbocycles. The first kappa shape index (κ1) is 13.6. The van der Waals surface area contributed by atoms with Crippen LogP contribution in [-0.2, 0) is 0 Å². The van der Waals surface area contributed by atoms with Gasteiger partial charge in [0.15, 0.2) is 0 Å². The molecule has 2 aromatic rings. The van der Waals surface area contributed by atoms with Crippen LogP contribution in [-0.4, -0.2) is 5.11 Å². The summed E-state index contributed by atoms with van der Waals surface area (Å²) in [5.74, 6) is -0.307. The third-order valence-electron chi connectivity index (χ3n) is 2.46. The monoisotopic (exact) mass is 326 g/mol. The molecule has 0 fully saturated rings. The van der Waals surface area contributed by atoms with Gasteiger partial charge in [-0.15, -0.1) is 0 Å². The van der Waals surface area contributed by atoms with Crippen LogP contribution < -0.4 is 0 Å². The van der Waals surface area contributed by atoms with E-state index in [1.54, 1.807) is 19.1 Å². The molecule has 0 aromatic heterocycles. The largest absolute Gasteiger partial charge is 0.389 e. The second-order valence-corrected chi connectivity index (χ2v) is 5.89. The summed E-state index contributed by atoms with van der Waals surface area (Å²) in [6, 6.07) is 12.4. The second-order valence-electron chi connectivity index (χ2n) is 3.89. The van der Waals surface area contributed by atoms with Crippen LogP contribution in [0.3, 0.4) is 0 Å². The molecular formula is C14H12BrFOS. The van der Waals surface area contributed by atoms with Crippen molar-refractivity contribution in [3.05, 3.63) is 58.3 Å². The van der Waals surface area contributed by atoms with Gasteiger partial charge in [-0.1, -0.05) is 45.9 Å². The van der Waals surface area contributed by atoms with Crippen LogP contribution in [0, 0.1) is 5.82 Å². The third kappa shape index (κ3) is 3.13. The normalized spacial score (nSPS) is 12.4. The fourth-order valence-corrected chi connectivity index (χ4v) is 3.25. The zero-order chi connectivity index (χ0) is 13.1. The van der Waals surface area contributed by atoms with Gasteiger partial charge in [-0.3, -0.25) is 0 Å². The van der Waals surface area contributed by atoms with Gasteiger partial charge in [0.05, 0.1) is 11.0 Å². The molecule has 1 atom stereocenters. The maximum absolute atomic E-state index is 13.9. The molecule has 1 N–H and O–H groups in total. The Hall–Kier alpha value is -0.840. The molecule has 18 heavy (non-hydrogen) atoms. The summed E-state index contributed by atoms with van der Waals surface area (Å²) in [6.45, 7) is 1.64. The zero-order valence-electron chi connectivity index (χ0n) is 9.73. The summed E-state index contributed by atoms with van der Waals surface area (Å²) in [4.78, 5) is 1.40. The highest BCUT2D eigenvalue weighted by Gasteiger charge is 2.13. The predicted octanol–water partition coefficient (Wildman–Crippen LogP) is 4.79. The van der Waals surface area contributed by atoms with Crippen LogP contribution in [0.2, 0.25) is 0 Å². The summed E-state index contributed by atoms with van der Waals surface area (Å²) < 4.78 is 14.8. The topological polar surface area (TPSA) is 20.2 Å². The van der Waals surface area contributed by atoms with Crippen LogP contribution in [0.1, 0.15) is 18.6 Å². The Balaban J connectivity index is 2.39. The van der Waals surface area contributed by atoms with Gasteiger partial charge in [-0.05, 0) is 36.8 Å². The molecule has 0 unspecified atom stereocenters. The molecule has 0 aliphatic heterocycles. The number of aliphatic hydroxyl groups is 1. The van der Waals surface area contributed by atoms with Gasteiger partial charge in [0.2, 0.25) is 0 Å². The van der Waals surface area contributed by atoms with Crippen LogP contribution in [0.15, 0.2) is 56.7 Å². The van der Waals surface area contributed by atoms with Crippen molar-refractivity contribution >= 4 is 27.7 Å². The average molecular weight is 327 g/mol. The Morgan fingerprint density at radius 1 is 1.22 bits per heavy atom. The number of hydrogen-bond acceptors (Lipinski definition) is 2. The Morgan fingerprint density at radius 3 is 2.61 bits per heavy atom. The van der Waals surface area contributed by atoms with Gasteiger partial charge < -0.3 is 5.11 Å². The summed E-state index contributed by atoms with van der Waals surface area (Å²) in [5, 5.41) is 9.67. The summed E-state index contributed by atoms with van der Waals surface area (Å²) in [5.41, 5.74) is 0.611. The molecule has 0 amide bonds. The van der Waals surface area contributed by atoms with Crippen molar-refractivity contribution in [2.45, 2.75) is 22.8 Å². The van der Waals surface area contributed by atoms with Crippen LogP contribution in [0.5, 0.6) is 0 Å². The summed E-state index contributed by atoms with van der Waals surface area (Å²) >= 11 is 4.70. The minimum Gasteiger partial charge on any atom is -0.389 e. The van der Waals surface area contributed by atoms with Gasteiger partial charge in [0, 0.05) is 9.37 Å². The molecule has 4 heteroatoms. The molecule has 1 nitrogen and oxygen atoms in total. The van der Waals surface area contributed by atoms with Gasteiger partial charge in [0.25, 0.3) is 0 Å². The smallest absolute Gasteiger partial charge is 0.137 e. The third-order valence-corrected chi connectivity index (χ3v) is 4.08. The Labute approximate surface area is 118 Å². The second kappa shape index (κ2) is 5.87. The van der Waals surface area contributed by atoms with Crippen molar-refractivity contribution in [2.75, 3.05) is 0 Å². The Bertz CT molecular complexity index is 557. The lowest BCUT2D eigenvalue weighted by molar-refractivity contribution is 0.195. The fraction of sp³-hybridized carbons (Fsp3) is 0.143. The van der Waals surface area contributed by atoms with E-state index in [1.807, 2.05) is 24.3 Å². The number of aliphatic hydroxyl groups excluding tert-OH is 1. The van der Waals surface area contributed by atoms with Crippen molar-refractivity contribution in [3.63, 3.8) is 0 Å². The van der Waals surface area contributed by atoms with Crippen LogP contribution in [0.25, 0.3) is 0 Å². The lowest BCUT2D eigenvalue weighted by Gasteiger charge is -2.12. The Morgan fingerprint density at radius 2 is 1.94 bits per heavy atom. The van der Waals surface area contributed by atoms with E-state index in [0.29, 0.717) is 10.5 Å². The molecule has 0 bridgehead atoms. The van der Waals surface area contributed by atoms with E-state index < -0.39 is 6.10 Å². The maximum Gasteiger partial charge on any atom is 0.137 e. The number of hydrogen-bond donors (Lipinski definition) is 1. The number of halogens is 2. The van der Waals surface area contributed by atoms with Crippen molar-refractivity contribution < 1.29 is 9.50 Å². The molecule has 94 valence electrons. The molecule has 2 aromatic carbocycles. The Kier molecular flexibility index (Phi) is 4.43. The molecule has 0 radical (unpaired) electrons. The summed E-state index contributed by atoms with van der Waals surface area (Å²) in [7, 11) is 0. The van der Waals surface area contributed by atoms with Crippen molar-refractivity contribution in [1.29, 1.82) is 0 Å².